The molecule has 0 spiro atoms. The molecule has 0 radical (unpaired) electrons. The minimum Gasteiger partial charge on any atom is -0.301 e. The second kappa shape index (κ2) is 8.55. The zero-order chi connectivity index (χ0) is 19.3. The highest BCUT2D eigenvalue weighted by molar-refractivity contribution is 7.99. The molecule has 9 heteroatoms. The lowest BCUT2D eigenvalue weighted by Crippen LogP contribution is -2.14. The SMILES string of the molecule is O=C(CSc1nnc(-c2ccc(Cl)cc2)n1-c1ccccc1)Nc1nccs1. The predicted molar refractivity (Wildman–Crippen MR) is 113 cm³/mol. The number of nitrogens with zero attached hydrogens (tertiary/aromatic N) is 4. The van der Waals surface area contributed by atoms with Crippen molar-refractivity contribution in [3.8, 4) is 17.1 Å². The molecule has 2 aromatic carbocycles. The molecule has 0 atom stereocenters. The fourth-order valence-corrected chi connectivity index (χ4v) is 3.95. The van der Waals surface area contributed by atoms with Crippen LogP contribution in [-0.4, -0.2) is 31.4 Å². The molecule has 0 saturated heterocycles. The third-order valence-electron chi connectivity index (χ3n) is 3.76. The number of amides is 1. The van der Waals surface area contributed by atoms with Crippen LogP contribution in [0.5, 0.6) is 0 Å². The molecule has 0 bridgehead atoms. The van der Waals surface area contributed by atoms with Crippen molar-refractivity contribution in [1.29, 1.82) is 0 Å². The van der Waals surface area contributed by atoms with E-state index in [1.807, 2.05) is 64.5 Å². The Labute approximate surface area is 174 Å². The molecule has 28 heavy (non-hydrogen) atoms. The molecule has 0 aliphatic rings. The van der Waals surface area contributed by atoms with Gasteiger partial charge in [0.15, 0.2) is 16.1 Å². The largest absolute Gasteiger partial charge is 0.301 e. The summed E-state index contributed by atoms with van der Waals surface area (Å²) < 4.78 is 1.94. The Hall–Kier alpha value is -2.68. The Bertz CT molecular complexity index is 1070. The average molecular weight is 428 g/mol. The minimum atomic E-state index is -0.143. The number of anilines is 1. The van der Waals surface area contributed by atoms with Crippen LogP contribution in [0.25, 0.3) is 17.1 Å². The molecule has 2 heterocycles. The van der Waals surface area contributed by atoms with E-state index in [4.69, 9.17) is 11.6 Å². The molecule has 140 valence electrons. The number of thioether (sulfide) groups is 1. The second-order valence-corrected chi connectivity index (χ2v) is 7.93. The molecule has 0 saturated carbocycles. The summed E-state index contributed by atoms with van der Waals surface area (Å²) in [5.41, 5.74) is 1.81. The van der Waals surface area contributed by atoms with Gasteiger partial charge in [0.25, 0.3) is 0 Å². The summed E-state index contributed by atoms with van der Waals surface area (Å²) in [5.74, 6) is 0.742. The van der Waals surface area contributed by atoms with Crippen molar-refractivity contribution in [2.24, 2.45) is 0 Å². The van der Waals surface area contributed by atoms with E-state index in [9.17, 15) is 4.79 Å². The fraction of sp³-hybridized carbons (Fsp3) is 0.0526. The summed E-state index contributed by atoms with van der Waals surface area (Å²) in [7, 11) is 0. The standard InChI is InChI=1S/C19H14ClN5OS2/c20-14-8-6-13(7-9-14)17-23-24-19(25(17)15-4-2-1-3-5-15)28-12-16(26)22-18-21-10-11-27-18/h1-11H,12H2,(H,21,22,26). The Morgan fingerprint density at radius 2 is 1.89 bits per heavy atom. The highest BCUT2D eigenvalue weighted by Gasteiger charge is 2.17. The monoisotopic (exact) mass is 427 g/mol. The minimum absolute atomic E-state index is 0.143. The molecule has 0 fully saturated rings. The van der Waals surface area contributed by atoms with Gasteiger partial charge < -0.3 is 5.32 Å². The van der Waals surface area contributed by atoms with Crippen LogP contribution in [-0.2, 0) is 4.79 Å². The molecule has 4 rings (SSSR count). The van der Waals surface area contributed by atoms with E-state index in [0.29, 0.717) is 21.1 Å². The first-order valence-corrected chi connectivity index (χ1v) is 10.5. The average Bonchev–Trinajstić information content (AvgIpc) is 3.37. The molecule has 4 aromatic rings. The third-order valence-corrected chi connectivity index (χ3v) is 5.63. The zero-order valence-electron chi connectivity index (χ0n) is 14.4. The Balaban J connectivity index is 1.62. The van der Waals surface area contributed by atoms with Crippen LogP contribution in [0, 0.1) is 0 Å². The van der Waals surface area contributed by atoms with Gasteiger partial charge in [-0.3, -0.25) is 9.36 Å². The van der Waals surface area contributed by atoms with Gasteiger partial charge in [0.2, 0.25) is 5.91 Å². The van der Waals surface area contributed by atoms with Crippen molar-refractivity contribution in [1.82, 2.24) is 19.7 Å². The van der Waals surface area contributed by atoms with Gasteiger partial charge >= 0.3 is 0 Å². The molecule has 0 aliphatic carbocycles. The molecule has 0 aliphatic heterocycles. The lowest BCUT2D eigenvalue weighted by atomic mass is 10.2. The third kappa shape index (κ3) is 4.24. The topological polar surface area (TPSA) is 72.7 Å². The molecule has 0 unspecified atom stereocenters. The van der Waals surface area contributed by atoms with Crippen molar-refractivity contribution >= 4 is 45.7 Å². The number of carbonyl (C=O) groups excluding carboxylic acids is 1. The number of thiazole rings is 1. The van der Waals surface area contributed by atoms with E-state index in [2.05, 4.69) is 20.5 Å². The first-order chi connectivity index (χ1) is 13.7. The van der Waals surface area contributed by atoms with Gasteiger partial charge in [0, 0.05) is 27.9 Å². The number of benzene rings is 2. The lowest BCUT2D eigenvalue weighted by molar-refractivity contribution is -0.113. The van der Waals surface area contributed by atoms with Gasteiger partial charge in [-0.25, -0.2) is 4.98 Å². The maximum Gasteiger partial charge on any atom is 0.236 e. The van der Waals surface area contributed by atoms with E-state index in [1.54, 1.807) is 6.20 Å². The summed E-state index contributed by atoms with van der Waals surface area (Å²) in [6.07, 6.45) is 1.65. The summed E-state index contributed by atoms with van der Waals surface area (Å²) in [6, 6.07) is 17.2. The Kier molecular flexibility index (Phi) is 5.70. The highest BCUT2D eigenvalue weighted by Crippen LogP contribution is 2.28. The van der Waals surface area contributed by atoms with E-state index < -0.39 is 0 Å². The van der Waals surface area contributed by atoms with Crippen LogP contribution >= 0.6 is 34.7 Å². The van der Waals surface area contributed by atoms with Crippen LogP contribution in [0.4, 0.5) is 5.13 Å². The van der Waals surface area contributed by atoms with Gasteiger partial charge in [0.1, 0.15) is 0 Å². The summed E-state index contributed by atoms with van der Waals surface area (Å²) in [5, 5.41) is 15.1. The molecule has 1 amide bonds. The van der Waals surface area contributed by atoms with E-state index in [-0.39, 0.29) is 11.7 Å². The quantitative estimate of drug-likeness (QED) is 0.448. The normalized spacial score (nSPS) is 10.8. The number of nitrogens with one attached hydrogen (secondary N) is 1. The first-order valence-electron chi connectivity index (χ1n) is 8.29. The number of para-hydroxylation sites is 1. The summed E-state index contributed by atoms with van der Waals surface area (Å²) in [4.78, 5) is 16.3. The number of hydrogen-bond acceptors (Lipinski definition) is 6. The number of carbonyl (C=O) groups is 1. The number of rotatable bonds is 6. The van der Waals surface area contributed by atoms with Crippen molar-refractivity contribution in [2.45, 2.75) is 5.16 Å². The summed E-state index contributed by atoms with van der Waals surface area (Å²) in [6.45, 7) is 0. The molecule has 6 nitrogen and oxygen atoms in total. The predicted octanol–water partition coefficient (Wildman–Crippen LogP) is 4.78. The summed E-state index contributed by atoms with van der Waals surface area (Å²) >= 11 is 8.71. The molecular formula is C19H14ClN5OS2. The van der Waals surface area contributed by atoms with Crippen LogP contribution in [0.3, 0.4) is 0 Å². The van der Waals surface area contributed by atoms with Crippen LogP contribution in [0.2, 0.25) is 5.02 Å². The lowest BCUT2D eigenvalue weighted by Gasteiger charge is -2.10. The van der Waals surface area contributed by atoms with Gasteiger partial charge in [-0.05, 0) is 36.4 Å². The van der Waals surface area contributed by atoms with Gasteiger partial charge in [-0.2, -0.15) is 0 Å². The highest BCUT2D eigenvalue weighted by atomic mass is 35.5. The van der Waals surface area contributed by atoms with Gasteiger partial charge in [0.05, 0.1) is 5.75 Å². The van der Waals surface area contributed by atoms with Crippen molar-refractivity contribution in [3.63, 3.8) is 0 Å². The van der Waals surface area contributed by atoms with Crippen molar-refractivity contribution in [3.05, 3.63) is 71.2 Å². The van der Waals surface area contributed by atoms with Crippen molar-refractivity contribution < 1.29 is 4.79 Å². The number of halogens is 1. The van der Waals surface area contributed by atoms with E-state index in [0.717, 1.165) is 11.3 Å². The fourth-order valence-electron chi connectivity index (χ4n) is 2.53. The van der Waals surface area contributed by atoms with Gasteiger partial charge in [-0.15, -0.1) is 21.5 Å². The molecular weight excluding hydrogens is 414 g/mol. The number of aromatic nitrogens is 4. The maximum absolute atomic E-state index is 12.2. The van der Waals surface area contributed by atoms with E-state index >= 15 is 0 Å². The Morgan fingerprint density at radius 1 is 1.11 bits per heavy atom. The zero-order valence-corrected chi connectivity index (χ0v) is 16.8. The van der Waals surface area contributed by atoms with Gasteiger partial charge in [-0.1, -0.05) is 41.6 Å². The number of hydrogen-bond donors (Lipinski definition) is 1. The second-order valence-electron chi connectivity index (χ2n) is 5.66. The first kappa shape index (κ1) is 18.7. The van der Waals surface area contributed by atoms with Crippen LogP contribution in [0.15, 0.2) is 71.3 Å². The molecule has 2 aromatic heterocycles. The Morgan fingerprint density at radius 3 is 2.61 bits per heavy atom. The maximum atomic E-state index is 12.2. The van der Waals surface area contributed by atoms with E-state index in [1.165, 1.54) is 23.1 Å². The van der Waals surface area contributed by atoms with Crippen LogP contribution in [0.1, 0.15) is 0 Å². The molecule has 1 N–H and O–H groups in total. The van der Waals surface area contributed by atoms with Crippen LogP contribution < -0.4 is 5.32 Å². The van der Waals surface area contributed by atoms with Crippen molar-refractivity contribution in [2.75, 3.05) is 11.1 Å². The smallest absolute Gasteiger partial charge is 0.236 e.